The van der Waals surface area contributed by atoms with Crippen LogP contribution in [0.2, 0.25) is 0 Å². The first-order chi connectivity index (χ1) is 13.5. The van der Waals surface area contributed by atoms with Crippen molar-refractivity contribution < 1.29 is 19.1 Å². The van der Waals surface area contributed by atoms with Crippen LogP contribution in [0.1, 0.15) is 75.7 Å². The third-order valence-electron chi connectivity index (χ3n) is 4.45. The number of hydrogen-bond acceptors (Lipinski definition) is 5. The van der Waals surface area contributed by atoms with Crippen LogP contribution >= 0.6 is 0 Å². The fraction of sp³-hybridized carbons (Fsp3) is 0.364. The van der Waals surface area contributed by atoms with Gasteiger partial charge in [-0.25, -0.2) is 4.79 Å². The van der Waals surface area contributed by atoms with E-state index in [0.29, 0.717) is 17.0 Å². The lowest BCUT2D eigenvalue weighted by atomic mass is 9.87. The number of amides is 2. The highest BCUT2D eigenvalue weighted by Gasteiger charge is 2.19. The summed E-state index contributed by atoms with van der Waals surface area (Å²) in [5, 5.41) is 0. The molecule has 1 aromatic carbocycles. The second kappa shape index (κ2) is 8.86. The summed E-state index contributed by atoms with van der Waals surface area (Å²) in [5.41, 5.74) is 7.58. The molecule has 0 spiro atoms. The molecule has 2 N–H and O–H groups in total. The van der Waals surface area contributed by atoms with Gasteiger partial charge in [-0.3, -0.25) is 25.4 Å². The molecule has 7 nitrogen and oxygen atoms in total. The van der Waals surface area contributed by atoms with Crippen molar-refractivity contribution in [3.05, 3.63) is 64.0 Å². The molecule has 0 saturated carbocycles. The Morgan fingerprint density at radius 1 is 0.931 bits per heavy atom. The minimum Gasteiger partial charge on any atom is -0.462 e. The molecule has 29 heavy (non-hydrogen) atoms. The molecule has 0 saturated heterocycles. The number of nitrogens with one attached hydrogen (secondary N) is 2. The molecule has 0 aliphatic rings. The highest BCUT2D eigenvalue weighted by atomic mass is 16.5. The van der Waals surface area contributed by atoms with E-state index < -0.39 is 17.8 Å². The Kier molecular flexibility index (Phi) is 6.74. The minimum atomic E-state index is -0.569. The molecule has 2 aromatic rings. The molecule has 0 fully saturated rings. The summed E-state index contributed by atoms with van der Waals surface area (Å²) in [7, 11) is 0. The molecule has 154 valence electrons. The SMILES string of the molecule is CCOC(=O)c1cc(C(=O)NNC(=O)c2ccc(C(C)(C)C)cc2)c(C)nc1C. The van der Waals surface area contributed by atoms with Crippen molar-refractivity contribution in [2.75, 3.05) is 6.61 Å². The number of pyridine rings is 1. The lowest BCUT2D eigenvalue weighted by Gasteiger charge is -2.19. The van der Waals surface area contributed by atoms with Crippen molar-refractivity contribution in [1.82, 2.24) is 15.8 Å². The molecule has 0 bridgehead atoms. The summed E-state index contributed by atoms with van der Waals surface area (Å²) in [6.45, 7) is 11.5. The van der Waals surface area contributed by atoms with Crippen LogP contribution < -0.4 is 10.9 Å². The summed E-state index contributed by atoms with van der Waals surface area (Å²) >= 11 is 0. The second-order valence-electron chi connectivity index (χ2n) is 7.71. The summed E-state index contributed by atoms with van der Waals surface area (Å²) in [6, 6.07) is 8.61. The Morgan fingerprint density at radius 3 is 2.03 bits per heavy atom. The van der Waals surface area contributed by atoms with E-state index >= 15 is 0 Å². The van der Waals surface area contributed by atoms with E-state index in [4.69, 9.17) is 4.74 Å². The Morgan fingerprint density at radius 2 is 1.48 bits per heavy atom. The second-order valence-corrected chi connectivity index (χ2v) is 7.71. The molecule has 2 rings (SSSR count). The van der Waals surface area contributed by atoms with Crippen LogP contribution in [0.15, 0.2) is 30.3 Å². The van der Waals surface area contributed by atoms with Gasteiger partial charge in [0.25, 0.3) is 11.8 Å². The van der Waals surface area contributed by atoms with Crippen LogP contribution in [0.4, 0.5) is 0 Å². The van der Waals surface area contributed by atoms with E-state index in [1.54, 1.807) is 32.9 Å². The van der Waals surface area contributed by atoms with Crippen molar-refractivity contribution in [3.63, 3.8) is 0 Å². The number of carbonyl (C=O) groups excluding carboxylic acids is 3. The average molecular weight is 397 g/mol. The van der Waals surface area contributed by atoms with E-state index in [-0.39, 0.29) is 23.1 Å². The number of ether oxygens (including phenoxy) is 1. The van der Waals surface area contributed by atoms with Gasteiger partial charge in [-0.1, -0.05) is 32.9 Å². The largest absolute Gasteiger partial charge is 0.462 e. The number of rotatable bonds is 4. The summed E-state index contributed by atoms with van der Waals surface area (Å²) in [5.74, 6) is -1.56. The van der Waals surface area contributed by atoms with Gasteiger partial charge in [0, 0.05) is 5.56 Å². The van der Waals surface area contributed by atoms with Gasteiger partial charge in [0.15, 0.2) is 0 Å². The lowest BCUT2D eigenvalue weighted by molar-refractivity contribution is 0.0524. The number of benzene rings is 1. The maximum Gasteiger partial charge on any atom is 0.339 e. The van der Waals surface area contributed by atoms with Gasteiger partial charge in [-0.2, -0.15) is 0 Å². The van der Waals surface area contributed by atoms with Gasteiger partial charge in [0.1, 0.15) is 0 Å². The van der Waals surface area contributed by atoms with Crippen LogP contribution in [0.3, 0.4) is 0 Å². The van der Waals surface area contributed by atoms with E-state index in [9.17, 15) is 14.4 Å². The molecule has 0 aliphatic carbocycles. The molecule has 0 unspecified atom stereocenters. The van der Waals surface area contributed by atoms with Crippen molar-refractivity contribution in [2.24, 2.45) is 0 Å². The molecule has 2 amide bonds. The Bertz CT molecular complexity index is 928. The number of aromatic nitrogens is 1. The zero-order chi connectivity index (χ0) is 21.8. The lowest BCUT2D eigenvalue weighted by Crippen LogP contribution is -2.42. The molecular weight excluding hydrogens is 370 g/mol. The van der Waals surface area contributed by atoms with E-state index in [2.05, 4.69) is 36.6 Å². The van der Waals surface area contributed by atoms with E-state index in [0.717, 1.165) is 5.56 Å². The number of nitrogens with zero attached hydrogens (tertiary/aromatic N) is 1. The third-order valence-corrected chi connectivity index (χ3v) is 4.45. The maximum absolute atomic E-state index is 12.5. The number of aryl methyl sites for hydroxylation is 2. The van der Waals surface area contributed by atoms with Gasteiger partial charge in [-0.15, -0.1) is 0 Å². The van der Waals surface area contributed by atoms with Gasteiger partial charge in [0.2, 0.25) is 0 Å². The van der Waals surface area contributed by atoms with Crippen molar-refractivity contribution in [2.45, 2.75) is 47.0 Å². The van der Waals surface area contributed by atoms with Gasteiger partial charge in [-0.05, 0) is 49.9 Å². The average Bonchev–Trinajstić information content (AvgIpc) is 2.65. The van der Waals surface area contributed by atoms with Crippen LogP contribution in [-0.4, -0.2) is 29.4 Å². The van der Waals surface area contributed by atoms with Gasteiger partial charge < -0.3 is 4.74 Å². The van der Waals surface area contributed by atoms with Crippen LogP contribution in [0.5, 0.6) is 0 Å². The van der Waals surface area contributed by atoms with Crippen LogP contribution in [0, 0.1) is 13.8 Å². The molecule has 0 aliphatic heterocycles. The first kappa shape index (κ1) is 22.1. The zero-order valence-corrected chi connectivity index (χ0v) is 17.7. The van der Waals surface area contributed by atoms with Crippen LogP contribution in [0.25, 0.3) is 0 Å². The number of hydrogen-bond donors (Lipinski definition) is 2. The quantitative estimate of drug-likeness (QED) is 0.610. The monoisotopic (exact) mass is 397 g/mol. The van der Waals surface area contributed by atoms with Crippen molar-refractivity contribution in [1.29, 1.82) is 0 Å². The van der Waals surface area contributed by atoms with Gasteiger partial charge >= 0.3 is 5.97 Å². The van der Waals surface area contributed by atoms with Gasteiger partial charge in [0.05, 0.1) is 29.1 Å². The first-order valence-corrected chi connectivity index (χ1v) is 9.41. The smallest absolute Gasteiger partial charge is 0.339 e. The minimum absolute atomic E-state index is 0.0180. The highest BCUT2D eigenvalue weighted by Crippen LogP contribution is 2.22. The number of hydrazine groups is 1. The Labute approximate surface area is 170 Å². The first-order valence-electron chi connectivity index (χ1n) is 9.41. The molecule has 1 aromatic heterocycles. The molecule has 1 heterocycles. The molecular formula is C22H27N3O4. The zero-order valence-electron chi connectivity index (χ0n) is 17.7. The van der Waals surface area contributed by atoms with Crippen molar-refractivity contribution >= 4 is 17.8 Å². The normalized spacial score (nSPS) is 11.0. The fourth-order valence-electron chi connectivity index (χ4n) is 2.75. The molecule has 0 atom stereocenters. The number of carbonyl (C=O) groups is 3. The predicted octanol–water partition coefficient (Wildman–Crippen LogP) is 3.25. The Balaban J connectivity index is 2.11. The summed E-state index contributed by atoms with van der Waals surface area (Å²) in [6.07, 6.45) is 0. The van der Waals surface area contributed by atoms with Crippen molar-refractivity contribution in [3.8, 4) is 0 Å². The van der Waals surface area contributed by atoms with E-state index in [1.165, 1.54) is 6.07 Å². The Hall–Kier alpha value is -3.22. The fourth-order valence-corrected chi connectivity index (χ4v) is 2.75. The maximum atomic E-state index is 12.5. The standard InChI is InChI=1S/C22H27N3O4/c1-7-29-21(28)18-12-17(13(2)23-14(18)3)20(27)25-24-19(26)15-8-10-16(11-9-15)22(4,5)6/h8-12H,7H2,1-6H3,(H,24,26)(H,25,27). The topological polar surface area (TPSA) is 97.4 Å². The molecule has 0 radical (unpaired) electrons. The molecule has 7 heteroatoms. The third kappa shape index (κ3) is 5.40. The van der Waals surface area contributed by atoms with E-state index in [1.807, 2.05) is 12.1 Å². The predicted molar refractivity (Wildman–Crippen MR) is 110 cm³/mol. The number of esters is 1. The summed E-state index contributed by atoms with van der Waals surface area (Å²) in [4.78, 5) is 41.1. The summed E-state index contributed by atoms with van der Waals surface area (Å²) < 4.78 is 4.99. The highest BCUT2D eigenvalue weighted by molar-refractivity contribution is 6.01. The van der Waals surface area contributed by atoms with Crippen LogP contribution in [-0.2, 0) is 10.2 Å².